The molecule has 0 unspecified atom stereocenters. The van der Waals surface area contributed by atoms with Crippen molar-refractivity contribution in [3.8, 4) is 0 Å². The summed E-state index contributed by atoms with van der Waals surface area (Å²) in [7, 11) is 0. The lowest BCUT2D eigenvalue weighted by atomic mass is 9.77. The number of benzene rings is 11. The predicted molar refractivity (Wildman–Crippen MR) is 157 cm³/mol. The third-order valence-electron chi connectivity index (χ3n) is 9.33. The van der Waals surface area contributed by atoms with Crippen LogP contribution < -0.4 is 0 Å². The summed E-state index contributed by atoms with van der Waals surface area (Å²) in [5.41, 5.74) is 0. The van der Waals surface area contributed by atoms with Crippen LogP contribution in [-0.4, -0.2) is 0 Å². The fourth-order valence-corrected chi connectivity index (χ4v) is 8.09. The van der Waals surface area contributed by atoms with E-state index in [1.54, 1.807) is 0 Å². The van der Waals surface area contributed by atoms with Crippen LogP contribution in [0.15, 0.2) is 97.1 Å². The van der Waals surface area contributed by atoms with E-state index >= 15 is 0 Å². The van der Waals surface area contributed by atoms with Crippen LogP contribution in [0.2, 0.25) is 0 Å². The van der Waals surface area contributed by atoms with Gasteiger partial charge < -0.3 is 0 Å². The molecule has 11 rings (SSSR count). The Kier molecular flexibility index (Phi) is 2.40. The largest absolute Gasteiger partial charge is 0.0610 e. The summed E-state index contributed by atoms with van der Waals surface area (Å²) < 4.78 is 0. The van der Waals surface area contributed by atoms with E-state index in [-0.39, 0.29) is 0 Å². The first-order valence-electron chi connectivity index (χ1n) is 12.8. The van der Waals surface area contributed by atoms with E-state index in [9.17, 15) is 0 Å². The smallest absolute Gasteiger partial charge is 0.000115 e. The lowest BCUT2D eigenvalue weighted by Gasteiger charge is -2.25. The van der Waals surface area contributed by atoms with Crippen molar-refractivity contribution in [2.24, 2.45) is 0 Å². The van der Waals surface area contributed by atoms with Gasteiger partial charge in [-0.15, -0.1) is 0 Å². The summed E-state index contributed by atoms with van der Waals surface area (Å²) in [6.45, 7) is 0. The van der Waals surface area contributed by atoms with Gasteiger partial charge in [0.2, 0.25) is 0 Å². The van der Waals surface area contributed by atoms with Gasteiger partial charge in [-0.25, -0.2) is 0 Å². The zero-order valence-corrected chi connectivity index (χ0v) is 19.2. The first-order chi connectivity index (χ1) is 17.9. The zero-order chi connectivity index (χ0) is 22.9. The van der Waals surface area contributed by atoms with Crippen molar-refractivity contribution in [1.82, 2.24) is 0 Å². The standard InChI is InChI=1S/C36H16/c1-3-17-7-9-19-15-21-11-12-22-16-20-10-8-18-4-2-6-24-26-14-13-25-23(5-1)27(17)29(19)35-31(21)32(22)36(30(20)28(18)24)34(26)33(25)35/h1-16H. The zero-order valence-electron chi connectivity index (χ0n) is 19.2. The molecule has 36 heavy (non-hydrogen) atoms. The van der Waals surface area contributed by atoms with Crippen LogP contribution in [0.3, 0.4) is 0 Å². The van der Waals surface area contributed by atoms with Gasteiger partial charge in [-0.2, -0.15) is 0 Å². The van der Waals surface area contributed by atoms with E-state index in [1.807, 2.05) is 0 Å². The third-order valence-corrected chi connectivity index (χ3v) is 9.33. The molecular weight excluding hydrogens is 432 g/mol. The Morgan fingerprint density at radius 3 is 1.03 bits per heavy atom. The average molecular weight is 449 g/mol. The molecule has 11 aromatic rings. The molecule has 0 saturated carbocycles. The maximum atomic E-state index is 2.43. The van der Waals surface area contributed by atoms with Gasteiger partial charge in [-0.05, 0) is 120 Å². The maximum absolute atomic E-state index is 2.43. The monoisotopic (exact) mass is 448 g/mol. The van der Waals surface area contributed by atoms with Gasteiger partial charge in [-0.1, -0.05) is 84.9 Å². The Morgan fingerprint density at radius 2 is 0.583 bits per heavy atom. The molecule has 0 bridgehead atoms. The van der Waals surface area contributed by atoms with Crippen LogP contribution in [0.25, 0.3) is 108 Å². The molecule has 0 saturated heterocycles. The molecule has 0 aliphatic carbocycles. The van der Waals surface area contributed by atoms with Gasteiger partial charge in [0.1, 0.15) is 0 Å². The second kappa shape index (κ2) is 5.12. The van der Waals surface area contributed by atoms with Gasteiger partial charge in [0.15, 0.2) is 0 Å². The van der Waals surface area contributed by atoms with Gasteiger partial charge in [0.05, 0.1) is 0 Å². The SMILES string of the molecule is c1cc2ccc3cc4ccc5cc6ccc7cccc8c9ccc%10c(c1)c2c3c1c4c5c(c6c78)c9c%101. The minimum atomic E-state index is 1.34. The van der Waals surface area contributed by atoms with E-state index in [1.165, 1.54) is 108 Å². The highest BCUT2D eigenvalue weighted by atomic mass is 14.3. The summed E-state index contributed by atoms with van der Waals surface area (Å²) in [4.78, 5) is 0. The summed E-state index contributed by atoms with van der Waals surface area (Å²) in [6, 6.07) is 37.3. The summed E-state index contributed by atoms with van der Waals surface area (Å²) in [6.07, 6.45) is 0. The fraction of sp³-hybridized carbons (Fsp3) is 0. The van der Waals surface area contributed by atoms with Crippen LogP contribution in [0.1, 0.15) is 0 Å². The third kappa shape index (κ3) is 1.55. The topological polar surface area (TPSA) is 0 Å². The lowest BCUT2D eigenvalue weighted by molar-refractivity contribution is 1.81. The van der Waals surface area contributed by atoms with E-state index in [0.29, 0.717) is 0 Å². The minimum absolute atomic E-state index is 1.34. The summed E-state index contributed by atoms with van der Waals surface area (Å²) >= 11 is 0. The second-order valence-corrected chi connectivity index (χ2v) is 10.8. The Balaban J connectivity index is 1.70. The second-order valence-electron chi connectivity index (χ2n) is 10.8. The quantitative estimate of drug-likeness (QED) is 0.160. The Morgan fingerprint density at radius 1 is 0.222 bits per heavy atom. The molecule has 0 N–H and O–H groups in total. The molecule has 0 atom stereocenters. The van der Waals surface area contributed by atoms with Crippen molar-refractivity contribution in [3.05, 3.63) is 97.1 Å². The summed E-state index contributed by atoms with van der Waals surface area (Å²) in [5, 5.41) is 28.0. The normalized spacial score (nSPS) is 13.6. The predicted octanol–water partition coefficient (Wildman–Crippen LogP) is 10.4. The highest BCUT2D eigenvalue weighted by molar-refractivity contribution is 6.54. The lowest BCUT2D eigenvalue weighted by Crippen LogP contribution is -1.97. The van der Waals surface area contributed by atoms with Crippen molar-refractivity contribution < 1.29 is 0 Å². The molecule has 0 aromatic heterocycles. The highest BCUT2D eigenvalue weighted by Gasteiger charge is 2.26. The Labute approximate surface area is 204 Å². The first kappa shape index (κ1) is 16.9. The van der Waals surface area contributed by atoms with Crippen LogP contribution in [0.5, 0.6) is 0 Å². The number of hydrogen-bond acceptors (Lipinski definition) is 0. The molecule has 0 heteroatoms. The van der Waals surface area contributed by atoms with Gasteiger partial charge in [0.25, 0.3) is 0 Å². The number of fused-ring (bicyclic) bond motifs is 2. The van der Waals surface area contributed by atoms with Gasteiger partial charge >= 0.3 is 0 Å². The Bertz CT molecular complexity index is 2480. The van der Waals surface area contributed by atoms with Crippen molar-refractivity contribution in [3.63, 3.8) is 0 Å². The number of hydrogen-bond donors (Lipinski definition) is 0. The van der Waals surface area contributed by atoms with E-state index < -0.39 is 0 Å². The van der Waals surface area contributed by atoms with Gasteiger partial charge in [-0.3, -0.25) is 0 Å². The van der Waals surface area contributed by atoms with Crippen molar-refractivity contribution in [2.45, 2.75) is 0 Å². The molecule has 0 spiro atoms. The molecule has 0 aliphatic rings. The van der Waals surface area contributed by atoms with E-state index in [0.717, 1.165) is 0 Å². The number of rotatable bonds is 0. The van der Waals surface area contributed by atoms with Crippen LogP contribution in [-0.2, 0) is 0 Å². The molecule has 11 aromatic carbocycles. The Hall–Kier alpha value is -4.68. The van der Waals surface area contributed by atoms with Crippen LogP contribution >= 0.6 is 0 Å². The molecule has 0 nitrogen and oxygen atoms in total. The van der Waals surface area contributed by atoms with Crippen molar-refractivity contribution >= 4 is 108 Å². The molecular formula is C36H16. The van der Waals surface area contributed by atoms with Crippen molar-refractivity contribution in [1.29, 1.82) is 0 Å². The minimum Gasteiger partial charge on any atom is -0.0610 e. The molecule has 0 heterocycles. The molecule has 0 amide bonds. The van der Waals surface area contributed by atoms with Crippen LogP contribution in [0.4, 0.5) is 0 Å². The molecule has 160 valence electrons. The molecule has 0 aliphatic heterocycles. The molecule has 0 fully saturated rings. The van der Waals surface area contributed by atoms with Gasteiger partial charge in [0, 0.05) is 0 Å². The van der Waals surface area contributed by atoms with Crippen LogP contribution in [0, 0.1) is 0 Å². The molecule has 0 radical (unpaired) electrons. The van der Waals surface area contributed by atoms with E-state index in [2.05, 4.69) is 97.1 Å². The average Bonchev–Trinajstić information content (AvgIpc) is 2.93. The first-order valence-corrected chi connectivity index (χ1v) is 12.8. The maximum Gasteiger partial charge on any atom is -0.000115 e. The highest BCUT2D eigenvalue weighted by Crippen LogP contribution is 2.55. The fourth-order valence-electron chi connectivity index (χ4n) is 8.09. The van der Waals surface area contributed by atoms with E-state index in [4.69, 9.17) is 0 Å². The summed E-state index contributed by atoms with van der Waals surface area (Å²) in [5.74, 6) is 0. The van der Waals surface area contributed by atoms with Crippen molar-refractivity contribution in [2.75, 3.05) is 0 Å².